The molecular weight excluding hydrogens is 230 g/mol. The van der Waals surface area contributed by atoms with Crippen molar-refractivity contribution in [1.82, 2.24) is 4.90 Å². The predicted octanol–water partition coefficient (Wildman–Crippen LogP) is 3.02. The Bertz CT molecular complexity index is 326. The molecule has 0 spiro atoms. The molecule has 0 aromatic rings. The highest BCUT2D eigenvalue weighted by Gasteiger charge is 2.25. The van der Waals surface area contributed by atoms with Crippen LogP contribution in [-0.4, -0.2) is 35.5 Å². The lowest BCUT2D eigenvalue weighted by molar-refractivity contribution is -0.112. The maximum absolute atomic E-state index is 11.9. The maximum Gasteiger partial charge on any atom is 0.410 e. The highest BCUT2D eigenvalue weighted by Crippen LogP contribution is 2.15. The van der Waals surface area contributed by atoms with Crippen LogP contribution in [-0.2, 0) is 9.53 Å². The largest absolute Gasteiger partial charge is 0.444 e. The zero-order valence-electron chi connectivity index (χ0n) is 12.5. The van der Waals surface area contributed by atoms with Crippen LogP contribution >= 0.6 is 0 Å². The van der Waals surface area contributed by atoms with Crippen molar-refractivity contribution in [3.05, 3.63) is 12.2 Å². The lowest BCUT2D eigenvalue weighted by Crippen LogP contribution is -2.42. The quantitative estimate of drug-likeness (QED) is 0.725. The van der Waals surface area contributed by atoms with Crippen LogP contribution in [0.1, 0.15) is 41.5 Å². The molecule has 0 fully saturated rings. The van der Waals surface area contributed by atoms with Gasteiger partial charge in [-0.2, -0.15) is 0 Å². The van der Waals surface area contributed by atoms with Crippen LogP contribution in [0.25, 0.3) is 0 Å². The van der Waals surface area contributed by atoms with E-state index in [4.69, 9.17) is 4.74 Å². The Hall–Kier alpha value is -1.32. The predicted molar refractivity (Wildman–Crippen MR) is 72.4 cm³/mol. The van der Waals surface area contributed by atoms with Gasteiger partial charge in [0.15, 0.2) is 5.78 Å². The average molecular weight is 255 g/mol. The van der Waals surface area contributed by atoms with E-state index in [-0.39, 0.29) is 23.8 Å². The molecule has 0 saturated carbocycles. The first kappa shape index (κ1) is 16.7. The Morgan fingerprint density at radius 3 is 2.06 bits per heavy atom. The van der Waals surface area contributed by atoms with Gasteiger partial charge in [0.1, 0.15) is 5.60 Å². The topological polar surface area (TPSA) is 46.6 Å². The Kier molecular flexibility index (Phi) is 6.09. The van der Waals surface area contributed by atoms with Gasteiger partial charge in [0, 0.05) is 7.05 Å². The van der Waals surface area contributed by atoms with Crippen molar-refractivity contribution in [2.24, 2.45) is 5.92 Å². The van der Waals surface area contributed by atoms with E-state index < -0.39 is 5.60 Å². The summed E-state index contributed by atoms with van der Waals surface area (Å²) >= 11 is 0. The minimum absolute atomic E-state index is 0.0294. The van der Waals surface area contributed by atoms with Crippen LogP contribution in [0.3, 0.4) is 0 Å². The number of ketones is 1. The molecular formula is C14H25NO3. The third kappa shape index (κ3) is 6.42. The molecule has 104 valence electrons. The second-order valence-corrected chi connectivity index (χ2v) is 5.80. The minimum Gasteiger partial charge on any atom is -0.444 e. The number of allylic oxidation sites excluding steroid dienone is 1. The van der Waals surface area contributed by atoms with Gasteiger partial charge in [0.25, 0.3) is 0 Å². The van der Waals surface area contributed by atoms with Crippen LogP contribution in [0.2, 0.25) is 0 Å². The Morgan fingerprint density at radius 1 is 1.22 bits per heavy atom. The summed E-state index contributed by atoms with van der Waals surface area (Å²) in [5.41, 5.74) is -0.517. The molecule has 0 heterocycles. The van der Waals surface area contributed by atoms with Crippen molar-refractivity contribution < 1.29 is 14.3 Å². The highest BCUT2D eigenvalue weighted by molar-refractivity contribution is 5.87. The van der Waals surface area contributed by atoms with Gasteiger partial charge in [-0.15, -0.1) is 0 Å². The van der Waals surface area contributed by atoms with Crippen LogP contribution in [0.15, 0.2) is 12.2 Å². The third-order valence-corrected chi connectivity index (χ3v) is 2.34. The number of hydrogen-bond acceptors (Lipinski definition) is 3. The molecule has 4 heteroatoms. The maximum atomic E-state index is 11.9. The van der Waals surface area contributed by atoms with E-state index in [1.54, 1.807) is 13.1 Å². The first-order valence-electron chi connectivity index (χ1n) is 6.19. The summed E-state index contributed by atoms with van der Waals surface area (Å²) < 4.78 is 5.31. The third-order valence-electron chi connectivity index (χ3n) is 2.34. The first-order chi connectivity index (χ1) is 8.04. The number of likely N-dealkylation sites (N-methyl/N-ethyl adjacent to an activating group) is 1. The van der Waals surface area contributed by atoms with Crippen molar-refractivity contribution in [3.8, 4) is 0 Å². The van der Waals surface area contributed by atoms with Crippen LogP contribution in [0, 0.1) is 5.92 Å². The molecule has 0 aliphatic rings. The lowest BCUT2D eigenvalue weighted by atomic mass is 10.0. The van der Waals surface area contributed by atoms with E-state index in [2.05, 4.69) is 0 Å². The van der Waals surface area contributed by atoms with Crippen LogP contribution in [0.5, 0.6) is 0 Å². The van der Waals surface area contributed by atoms with E-state index in [1.807, 2.05) is 34.6 Å². The molecule has 0 aliphatic carbocycles. The summed E-state index contributed by atoms with van der Waals surface area (Å²) in [5.74, 6) is 0.177. The SMILES string of the molecule is CC(=O)/C=C/[C@H](C(C)C)N(C)C(=O)OC(C)(C)C. The summed E-state index contributed by atoms with van der Waals surface area (Å²) in [4.78, 5) is 24.4. The summed E-state index contributed by atoms with van der Waals surface area (Å²) in [6, 6.07) is -0.149. The molecule has 0 radical (unpaired) electrons. The number of amides is 1. The summed E-state index contributed by atoms with van der Waals surface area (Å²) in [5, 5.41) is 0. The zero-order valence-corrected chi connectivity index (χ0v) is 12.5. The van der Waals surface area contributed by atoms with E-state index in [1.165, 1.54) is 17.9 Å². The molecule has 0 aromatic carbocycles. The molecule has 18 heavy (non-hydrogen) atoms. The Morgan fingerprint density at radius 2 is 1.72 bits per heavy atom. The fourth-order valence-corrected chi connectivity index (χ4v) is 1.49. The number of carbonyl (C=O) groups is 2. The number of rotatable bonds is 4. The fourth-order valence-electron chi connectivity index (χ4n) is 1.49. The fraction of sp³-hybridized carbons (Fsp3) is 0.714. The molecule has 0 aliphatic heterocycles. The van der Waals surface area contributed by atoms with Crippen LogP contribution in [0.4, 0.5) is 4.79 Å². The molecule has 0 aromatic heterocycles. The van der Waals surface area contributed by atoms with Gasteiger partial charge in [-0.1, -0.05) is 19.9 Å². The number of carbonyl (C=O) groups excluding carboxylic acids is 2. The van der Waals surface area contributed by atoms with Gasteiger partial charge in [0.05, 0.1) is 6.04 Å². The molecule has 1 amide bonds. The molecule has 4 nitrogen and oxygen atoms in total. The minimum atomic E-state index is -0.517. The van der Waals surface area contributed by atoms with E-state index >= 15 is 0 Å². The van der Waals surface area contributed by atoms with E-state index in [0.717, 1.165) is 0 Å². The van der Waals surface area contributed by atoms with Crippen molar-refractivity contribution >= 4 is 11.9 Å². The number of nitrogens with zero attached hydrogens (tertiary/aromatic N) is 1. The molecule has 0 N–H and O–H groups in total. The molecule has 0 unspecified atom stereocenters. The molecule has 1 atom stereocenters. The van der Waals surface area contributed by atoms with Gasteiger partial charge < -0.3 is 9.64 Å². The Labute approximate surface area is 110 Å². The van der Waals surface area contributed by atoms with Gasteiger partial charge in [0.2, 0.25) is 0 Å². The Balaban J connectivity index is 4.82. The van der Waals surface area contributed by atoms with Crippen molar-refractivity contribution in [1.29, 1.82) is 0 Å². The molecule has 0 bridgehead atoms. The van der Waals surface area contributed by atoms with Gasteiger partial charge in [-0.05, 0) is 39.7 Å². The zero-order chi connectivity index (χ0) is 14.5. The molecule has 0 rings (SSSR count). The number of ether oxygens (including phenoxy) is 1. The van der Waals surface area contributed by atoms with Gasteiger partial charge in [-0.3, -0.25) is 4.79 Å². The van der Waals surface area contributed by atoms with Crippen LogP contribution < -0.4 is 0 Å². The normalized spacial score (nSPS) is 13.8. The number of hydrogen-bond donors (Lipinski definition) is 0. The first-order valence-corrected chi connectivity index (χ1v) is 6.19. The van der Waals surface area contributed by atoms with E-state index in [0.29, 0.717) is 0 Å². The second-order valence-electron chi connectivity index (χ2n) is 5.80. The van der Waals surface area contributed by atoms with Crippen molar-refractivity contribution in [2.45, 2.75) is 53.2 Å². The van der Waals surface area contributed by atoms with Gasteiger partial charge >= 0.3 is 6.09 Å². The standard InChI is InChI=1S/C14H25NO3/c1-10(2)12(9-8-11(3)16)15(7)13(17)18-14(4,5)6/h8-10,12H,1-7H3/b9-8+/t12-/m1/s1. The average Bonchev–Trinajstić information content (AvgIpc) is 2.13. The summed E-state index contributed by atoms with van der Waals surface area (Å²) in [6.45, 7) is 11.0. The summed E-state index contributed by atoms with van der Waals surface area (Å²) in [6.07, 6.45) is 2.86. The summed E-state index contributed by atoms with van der Waals surface area (Å²) in [7, 11) is 1.68. The van der Waals surface area contributed by atoms with E-state index in [9.17, 15) is 9.59 Å². The van der Waals surface area contributed by atoms with Crippen molar-refractivity contribution in [2.75, 3.05) is 7.05 Å². The smallest absolute Gasteiger partial charge is 0.410 e. The molecule has 0 saturated heterocycles. The van der Waals surface area contributed by atoms with Gasteiger partial charge in [-0.25, -0.2) is 4.79 Å². The monoisotopic (exact) mass is 255 g/mol. The van der Waals surface area contributed by atoms with Crippen molar-refractivity contribution in [3.63, 3.8) is 0 Å². The second kappa shape index (κ2) is 6.57. The highest BCUT2D eigenvalue weighted by atomic mass is 16.6. The lowest BCUT2D eigenvalue weighted by Gasteiger charge is -2.31.